The summed E-state index contributed by atoms with van der Waals surface area (Å²) in [6.45, 7) is 0. The molecule has 0 fully saturated rings. The smallest absolute Gasteiger partial charge is 0.279 e. The molecule has 1 aromatic rings. The summed E-state index contributed by atoms with van der Waals surface area (Å²) < 4.78 is 24.6. The Balaban J connectivity index is 3.53. The highest BCUT2D eigenvalue weighted by Gasteiger charge is 2.21. The number of halogens is 3. The van der Waals surface area contributed by atoms with Gasteiger partial charge in [-0.3, -0.25) is 9.59 Å². The zero-order valence-corrected chi connectivity index (χ0v) is 7.44. The van der Waals surface area contributed by atoms with Crippen molar-refractivity contribution in [1.29, 1.82) is 0 Å². The molecule has 0 aromatic carbocycles. The van der Waals surface area contributed by atoms with E-state index < -0.39 is 29.0 Å². The van der Waals surface area contributed by atoms with E-state index in [1.54, 1.807) is 0 Å². The molecule has 0 unspecified atom stereocenters. The molecule has 14 heavy (non-hydrogen) atoms. The Morgan fingerprint density at radius 3 is 2.57 bits per heavy atom. The number of alkyl halides is 2. The van der Waals surface area contributed by atoms with Crippen molar-refractivity contribution in [3.8, 4) is 0 Å². The van der Waals surface area contributed by atoms with Gasteiger partial charge in [-0.1, -0.05) is 11.6 Å². The standard InChI is InChI=1S/C7H5ClF2N2O2/c8-3-1-2(13)4(7(11)14)5(12-3)6(9)10/h1,6H,(H2,11,14)(H,12,13). The van der Waals surface area contributed by atoms with Crippen LogP contribution in [0.1, 0.15) is 22.5 Å². The normalized spacial score (nSPS) is 10.6. The monoisotopic (exact) mass is 222 g/mol. The number of carbonyl (C=O) groups is 1. The minimum atomic E-state index is -3.01. The SMILES string of the molecule is NC(=O)c1c(C(F)F)[nH]c(Cl)cc1=O. The largest absolute Gasteiger partial charge is 0.365 e. The molecular weight excluding hydrogens is 218 g/mol. The van der Waals surface area contributed by atoms with Crippen LogP contribution in [0, 0.1) is 0 Å². The number of primary amides is 1. The van der Waals surface area contributed by atoms with Crippen LogP contribution in [0.3, 0.4) is 0 Å². The maximum atomic E-state index is 12.3. The second-order valence-corrected chi connectivity index (χ2v) is 2.84. The van der Waals surface area contributed by atoms with E-state index in [1.165, 1.54) is 0 Å². The minimum absolute atomic E-state index is 0.268. The number of aromatic nitrogens is 1. The zero-order chi connectivity index (χ0) is 10.9. The van der Waals surface area contributed by atoms with Crippen LogP contribution in [0.2, 0.25) is 5.15 Å². The fourth-order valence-electron chi connectivity index (χ4n) is 0.965. The summed E-state index contributed by atoms with van der Waals surface area (Å²) >= 11 is 5.33. The van der Waals surface area contributed by atoms with Gasteiger partial charge < -0.3 is 10.7 Å². The van der Waals surface area contributed by atoms with Crippen molar-refractivity contribution in [2.75, 3.05) is 0 Å². The van der Waals surface area contributed by atoms with Crippen molar-refractivity contribution in [3.05, 3.63) is 32.7 Å². The van der Waals surface area contributed by atoms with Gasteiger partial charge in [-0.25, -0.2) is 8.78 Å². The molecule has 1 rings (SSSR count). The number of pyridine rings is 1. The second-order valence-electron chi connectivity index (χ2n) is 2.44. The van der Waals surface area contributed by atoms with Crippen LogP contribution >= 0.6 is 11.6 Å². The number of carbonyl (C=O) groups excluding carboxylic acids is 1. The van der Waals surface area contributed by atoms with E-state index in [2.05, 4.69) is 0 Å². The molecule has 1 heterocycles. The first kappa shape index (κ1) is 10.6. The van der Waals surface area contributed by atoms with Crippen LogP contribution in [-0.4, -0.2) is 10.9 Å². The van der Waals surface area contributed by atoms with E-state index in [1.807, 2.05) is 4.98 Å². The quantitative estimate of drug-likeness (QED) is 0.735. The van der Waals surface area contributed by atoms with Crippen LogP contribution in [0.25, 0.3) is 0 Å². The van der Waals surface area contributed by atoms with Gasteiger partial charge in [0.1, 0.15) is 10.7 Å². The van der Waals surface area contributed by atoms with Crippen molar-refractivity contribution in [1.82, 2.24) is 4.98 Å². The lowest BCUT2D eigenvalue weighted by atomic mass is 10.2. The first-order chi connectivity index (χ1) is 6.43. The molecule has 0 atom stereocenters. The van der Waals surface area contributed by atoms with Gasteiger partial charge in [-0.2, -0.15) is 0 Å². The number of nitrogens with two attached hydrogens (primary N) is 1. The molecule has 0 aliphatic carbocycles. The molecule has 1 amide bonds. The van der Waals surface area contributed by atoms with Crippen molar-refractivity contribution in [2.45, 2.75) is 6.43 Å². The Kier molecular flexibility index (Phi) is 2.85. The van der Waals surface area contributed by atoms with Gasteiger partial charge in [0.2, 0.25) is 0 Å². The molecule has 0 aliphatic heterocycles. The molecule has 4 nitrogen and oxygen atoms in total. The Morgan fingerprint density at radius 1 is 1.57 bits per heavy atom. The Bertz CT molecular complexity index is 430. The number of amides is 1. The van der Waals surface area contributed by atoms with Gasteiger partial charge in [-0.15, -0.1) is 0 Å². The van der Waals surface area contributed by atoms with Crippen molar-refractivity contribution in [2.24, 2.45) is 5.73 Å². The fraction of sp³-hybridized carbons (Fsp3) is 0.143. The number of hydrogen-bond donors (Lipinski definition) is 2. The van der Waals surface area contributed by atoms with Crippen LogP contribution in [-0.2, 0) is 0 Å². The molecule has 0 saturated carbocycles. The third-order valence-electron chi connectivity index (χ3n) is 1.49. The summed E-state index contributed by atoms with van der Waals surface area (Å²) in [5.41, 5.74) is 2.24. The average Bonchev–Trinajstić information content (AvgIpc) is 2.01. The predicted octanol–water partition coefficient (Wildman–Crippen LogP) is 1.06. The molecule has 0 radical (unpaired) electrons. The van der Waals surface area contributed by atoms with Gasteiger partial charge >= 0.3 is 0 Å². The van der Waals surface area contributed by atoms with Crippen LogP contribution in [0.5, 0.6) is 0 Å². The van der Waals surface area contributed by atoms with E-state index in [0.29, 0.717) is 0 Å². The lowest BCUT2D eigenvalue weighted by Gasteiger charge is -2.05. The van der Waals surface area contributed by atoms with Crippen molar-refractivity contribution in [3.63, 3.8) is 0 Å². The van der Waals surface area contributed by atoms with E-state index in [9.17, 15) is 18.4 Å². The predicted molar refractivity (Wildman–Crippen MR) is 45.5 cm³/mol. The zero-order valence-electron chi connectivity index (χ0n) is 6.68. The minimum Gasteiger partial charge on any atom is -0.365 e. The summed E-state index contributed by atoms with van der Waals surface area (Å²) in [5, 5.41) is -0.268. The summed E-state index contributed by atoms with van der Waals surface area (Å²) in [6.07, 6.45) is -3.01. The highest BCUT2D eigenvalue weighted by atomic mass is 35.5. The van der Waals surface area contributed by atoms with E-state index in [-0.39, 0.29) is 5.15 Å². The second kappa shape index (κ2) is 3.75. The molecule has 0 aliphatic rings. The fourth-order valence-corrected chi connectivity index (χ4v) is 1.17. The van der Waals surface area contributed by atoms with Crippen LogP contribution < -0.4 is 11.2 Å². The molecule has 0 bridgehead atoms. The Labute approximate surface area is 81.7 Å². The molecule has 0 spiro atoms. The van der Waals surface area contributed by atoms with Crippen LogP contribution in [0.4, 0.5) is 8.78 Å². The van der Waals surface area contributed by atoms with Gasteiger partial charge in [0.15, 0.2) is 5.43 Å². The maximum Gasteiger partial charge on any atom is 0.279 e. The number of rotatable bonds is 2. The number of aromatic amines is 1. The number of nitrogens with one attached hydrogen (secondary N) is 1. The van der Waals surface area contributed by atoms with E-state index in [4.69, 9.17) is 17.3 Å². The third-order valence-corrected chi connectivity index (χ3v) is 1.70. The maximum absolute atomic E-state index is 12.3. The highest BCUT2D eigenvalue weighted by Crippen LogP contribution is 2.19. The van der Waals surface area contributed by atoms with Crippen molar-refractivity contribution < 1.29 is 13.6 Å². The Hall–Kier alpha value is -1.43. The first-order valence-corrected chi connectivity index (χ1v) is 3.82. The number of hydrogen-bond acceptors (Lipinski definition) is 2. The molecule has 3 N–H and O–H groups in total. The summed E-state index contributed by atoms with van der Waals surface area (Å²) in [7, 11) is 0. The van der Waals surface area contributed by atoms with Crippen molar-refractivity contribution >= 4 is 17.5 Å². The molecule has 7 heteroatoms. The first-order valence-electron chi connectivity index (χ1n) is 3.44. The average molecular weight is 223 g/mol. The van der Waals surface area contributed by atoms with Gasteiger partial charge in [0.25, 0.3) is 12.3 Å². The summed E-state index contributed by atoms with van der Waals surface area (Å²) in [6, 6.07) is 0.813. The number of H-pyrrole nitrogens is 1. The van der Waals surface area contributed by atoms with E-state index >= 15 is 0 Å². The topological polar surface area (TPSA) is 76.0 Å². The van der Waals surface area contributed by atoms with E-state index in [0.717, 1.165) is 6.07 Å². The summed E-state index contributed by atoms with van der Waals surface area (Å²) in [5.74, 6) is -1.21. The van der Waals surface area contributed by atoms with Gasteiger partial charge in [0.05, 0.1) is 5.69 Å². The molecule has 1 aromatic heterocycles. The molecule has 76 valence electrons. The molecule has 0 saturated heterocycles. The van der Waals surface area contributed by atoms with Crippen LogP contribution in [0.15, 0.2) is 10.9 Å². The lowest BCUT2D eigenvalue weighted by molar-refractivity contribution is 0.0981. The third kappa shape index (κ3) is 1.90. The lowest BCUT2D eigenvalue weighted by Crippen LogP contribution is -2.24. The molecular formula is C7H5ClF2N2O2. The Morgan fingerprint density at radius 2 is 2.14 bits per heavy atom. The van der Waals surface area contributed by atoms with Gasteiger partial charge in [-0.05, 0) is 0 Å². The van der Waals surface area contributed by atoms with Gasteiger partial charge in [0, 0.05) is 6.07 Å². The summed E-state index contributed by atoms with van der Waals surface area (Å²) in [4.78, 5) is 23.8. The highest BCUT2D eigenvalue weighted by molar-refractivity contribution is 6.29.